The summed E-state index contributed by atoms with van der Waals surface area (Å²) in [6, 6.07) is 0. The lowest BCUT2D eigenvalue weighted by atomic mass is 10.1. The van der Waals surface area contributed by atoms with Crippen molar-refractivity contribution >= 4 is 5.97 Å². The summed E-state index contributed by atoms with van der Waals surface area (Å²) in [7, 11) is 1.68. The minimum absolute atomic E-state index is 0.339. The van der Waals surface area contributed by atoms with E-state index in [0.717, 1.165) is 36.9 Å². The van der Waals surface area contributed by atoms with Crippen LogP contribution in [0.15, 0.2) is 0 Å². The van der Waals surface area contributed by atoms with E-state index in [9.17, 15) is 13.2 Å². The van der Waals surface area contributed by atoms with Crippen molar-refractivity contribution in [1.82, 2.24) is 15.3 Å². The van der Waals surface area contributed by atoms with Crippen LogP contribution >= 0.6 is 0 Å². The topological polar surface area (TPSA) is 84.3 Å². The number of methoxy groups -OCH3 is 1. The molecule has 0 amide bonds. The number of carboxylic acid groups (broad SMARTS) is 1. The zero-order valence-electron chi connectivity index (χ0n) is 12.5. The third kappa shape index (κ3) is 4.83. The van der Waals surface area contributed by atoms with Crippen molar-refractivity contribution in [3.8, 4) is 5.88 Å². The predicted molar refractivity (Wildman–Crippen MR) is 71.8 cm³/mol. The summed E-state index contributed by atoms with van der Waals surface area (Å²) >= 11 is 0. The van der Waals surface area contributed by atoms with E-state index in [-0.39, 0.29) is 0 Å². The molecule has 1 aromatic heterocycles. The maximum absolute atomic E-state index is 10.6. The molecular formula is C13H18F3N3O3. The van der Waals surface area contributed by atoms with Gasteiger partial charge in [0.25, 0.3) is 0 Å². The first kappa shape index (κ1) is 18.1. The summed E-state index contributed by atoms with van der Waals surface area (Å²) in [4.78, 5) is 17.9. The van der Waals surface area contributed by atoms with E-state index in [2.05, 4.69) is 29.1 Å². The van der Waals surface area contributed by atoms with Crippen molar-refractivity contribution in [3.63, 3.8) is 0 Å². The molecule has 0 atom stereocenters. The number of hydrogen-bond donors (Lipinski definition) is 2. The van der Waals surface area contributed by atoms with Crippen molar-refractivity contribution < 1.29 is 27.8 Å². The number of nitrogens with zero attached hydrogens (tertiary/aromatic N) is 2. The first-order valence-corrected chi connectivity index (χ1v) is 6.61. The molecule has 0 radical (unpaired) electrons. The maximum Gasteiger partial charge on any atom is 0.490 e. The highest BCUT2D eigenvalue weighted by Gasteiger charge is 2.38. The number of rotatable bonds is 2. The second-order valence-corrected chi connectivity index (χ2v) is 4.90. The average Bonchev–Trinajstić information content (AvgIpc) is 2.45. The molecule has 0 saturated heterocycles. The molecule has 1 aliphatic heterocycles. The van der Waals surface area contributed by atoms with E-state index < -0.39 is 12.1 Å². The first-order valence-electron chi connectivity index (χ1n) is 6.61. The van der Waals surface area contributed by atoms with E-state index in [0.29, 0.717) is 5.92 Å². The number of carboxylic acids is 1. The predicted octanol–water partition coefficient (Wildman–Crippen LogP) is 1.89. The molecule has 0 aliphatic carbocycles. The Morgan fingerprint density at radius 3 is 2.41 bits per heavy atom. The van der Waals surface area contributed by atoms with Crippen LogP contribution in [0.2, 0.25) is 0 Å². The Kier molecular flexibility index (Phi) is 6.10. The van der Waals surface area contributed by atoms with Crippen LogP contribution in [-0.4, -0.2) is 40.9 Å². The smallest absolute Gasteiger partial charge is 0.481 e. The number of carbonyl (C=O) groups is 1. The van der Waals surface area contributed by atoms with Gasteiger partial charge in [-0.3, -0.25) is 0 Å². The molecule has 0 bridgehead atoms. The molecule has 2 N–H and O–H groups in total. The van der Waals surface area contributed by atoms with Gasteiger partial charge in [-0.05, 0) is 13.0 Å². The fourth-order valence-electron chi connectivity index (χ4n) is 1.77. The van der Waals surface area contributed by atoms with Gasteiger partial charge in [-0.15, -0.1) is 0 Å². The number of alkyl halides is 3. The molecule has 1 aliphatic rings. The summed E-state index contributed by atoms with van der Waals surface area (Å²) in [6.07, 6.45) is -4.13. The standard InChI is InChI=1S/C11H17N3O.C2HF3O2/c1-7(2)10-13-9-6-12-5-4-8(9)11(14-10)15-3;3-2(4,5)1(6)7/h7,12H,4-6H2,1-3H3;(H,6,7). The highest BCUT2D eigenvalue weighted by molar-refractivity contribution is 5.73. The van der Waals surface area contributed by atoms with Gasteiger partial charge in [-0.25, -0.2) is 9.78 Å². The number of aliphatic carboxylic acids is 1. The zero-order chi connectivity index (χ0) is 16.9. The maximum atomic E-state index is 10.6. The molecule has 6 nitrogen and oxygen atoms in total. The van der Waals surface area contributed by atoms with Crippen LogP contribution < -0.4 is 10.1 Å². The Morgan fingerprint density at radius 1 is 1.36 bits per heavy atom. The van der Waals surface area contributed by atoms with Crippen molar-refractivity contribution in [2.24, 2.45) is 0 Å². The molecule has 0 unspecified atom stereocenters. The number of fused-ring (bicyclic) bond motifs is 1. The summed E-state index contributed by atoms with van der Waals surface area (Å²) < 4.78 is 37.1. The van der Waals surface area contributed by atoms with Gasteiger partial charge in [-0.1, -0.05) is 13.8 Å². The summed E-state index contributed by atoms with van der Waals surface area (Å²) in [5, 5.41) is 10.4. The molecular weight excluding hydrogens is 303 g/mol. The van der Waals surface area contributed by atoms with Gasteiger partial charge in [0.1, 0.15) is 5.82 Å². The Balaban J connectivity index is 0.000000295. The molecule has 2 rings (SSSR count). The Bertz CT molecular complexity index is 516. The normalized spacial score (nSPS) is 14.0. The Labute approximate surface area is 125 Å². The van der Waals surface area contributed by atoms with Crippen LogP contribution in [0, 0.1) is 0 Å². The summed E-state index contributed by atoms with van der Waals surface area (Å²) in [5.74, 6) is -0.793. The average molecular weight is 321 g/mol. The summed E-state index contributed by atoms with van der Waals surface area (Å²) in [6.45, 7) is 6.00. The number of nitrogens with one attached hydrogen (secondary N) is 1. The van der Waals surface area contributed by atoms with Crippen molar-refractivity contribution in [2.75, 3.05) is 13.7 Å². The van der Waals surface area contributed by atoms with Crippen LogP contribution in [-0.2, 0) is 17.8 Å². The molecule has 1 aromatic rings. The van der Waals surface area contributed by atoms with Crippen LogP contribution in [0.1, 0.15) is 36.8 Å². The third-order valence-electron chi connectivity index (χ3n) is 2.87. The van der Waals surface area contributed by atoms with Gasteiger partial charge in [0, 0.05) is 18.0 Å². The summed E-state index contributed by atoms with van der Waals surface area (Å²) in [5.41, 5.74) is 2.26. The number of ether oxygens (including phenoxy) is 1. The molecule has 0 aromatic carbocycles. The van der Waals surface area contributed by atoms with Crippen LogP contribution in [0.4, 0.5) is 13.2 Å². The van der Waals surface area contributed by atoms with Gasteiger partial charge >= 0.3 is 12.1 Å². The van der Waals surface area contributed by atoms with Crippen LogP contribution in [0.25, 0.3) is 0 Å². The van der Waals surface area contributed by atoms with Crippen molar-refractivity contribution in [2.45, 2.75) is 38.9 Å². The van der Waals surface area contributed by atoms with Gasteiger partial charge in [0.05, 0.1) is 12.8 Å². The molecule has 0 fully saturated rings. The van der Waals surface area contributed by atoms with Crippen LogP contribution in [0.5, 0.6) is 5.88 Å². The second-order valence-electron chi connectivity index (χ2n) is 4.90. The number of halogens is 3. The molecule has 0 spiro atoms. The lowest BCUT2D eigenvalue weighted by Crippen LogP contribution is -2.26. The largest absolute Gasteiger partial charge is 0.490 e. The Morgan fingerprint density at radius 2 is 1.95 bits per heavy atom. The minimum Gasteiger partial charge on any atom is -0.481 e. The monoisotopic (exact) mass is 321 g/mol. The first-order chi connectivity index (χ1) is 10.2. The molecule has 9 heteroatoms. The van der Waals surface area contributed by atoms with E-state index in [4.69, 9.17) is 14.6 Å². The van der Waals surface area contributed by atoms with E-state index in [1.165, 1.54) is 5.56 Å². The lowest BCUT2D eigenvalue weighted by molar-refractivity contribution is -0.192. The van der Waals surface area contributed by atoms with Crippen molar-refractivity contribution in [1.29, 1.82) is 0 Å². The molecule has 0 saturated carbocycles. The quantitative estimate of drug-likeness (QED) is 0.865. The minimum atomic E-state index is -5.08. The van der Waals surface area contributed by atoms with Crippen LogP contribution in [0.3, 0.4) is 0 Å². The fourth-order valence-corrected chi connectivity index (χ4v) is 1.77. The highest BCUT2D eigenvalue weighted by Crippen LogP contribution is 2.24. The second kappa shape index (κ2) is 7.39. The third-order valence-corrected chi connectivity index (χ3v) is 2.87. The number of aromatic nitrogens is 2. The SMILES string of the molecule is COc1nc(C(C)C)nc2c1CCNC2.O=C(O)C(F)(F)F. The lowest BCUT2D eigenvalue weighted by Gasteiger charge is -2.19. The van der Waals surface area contributed by atoms with E-state index >= 15 is 0 Å². The van der Waals surface area contributed by atoms with E-state index in [1.807, 2.05) is 0 Å². The van der Waals surface area contributed by atoms with Gasteiger partial charge in [0.2, 0.25) is 5.88 Å². The van der Waals surface area contributed by atoms with Gasteiger partial charge in [-0.2, -0.15) is 18.2 Å². The van der Waals surface area contributed by atoms with Gasteiger partial charge < -0.3 is 15.2 Å². The highest BCUT2D eigenvalue weighted by atomic mass is 19.4. The fraction of sp³-hybridized carbons (Fsp3) is 0.615. The Hall–Kier alpha value is -1.90. The zero-order valence-corrected chi connectivity index (χ0v) is 12.5. The number of hydrogen-bond acceptors (Lipinski definition) is 5. The van der Waals surface area contributed by atoms with Crippen molar-refractivity contribution in [3.05, 3.63) is 17.1 Å². The van der Waals surface area contributed by atoms with Gasteiger partial charge in [0.15, 0.2) is 0 Å². The molecule has 22 heavy (non-hydrogen) atoms. The van der Waals surface area contributed by atoms with E-state index in [1.54, 1.807) is 7.11 Å². The molecule has 124 valence electrons. The molecule has 2 heterocycles.